The molecule has 0 aliphatic rings. The normalized spacial score (nSPS) is 10.8. The number of hydrogen-bond acceptors (Lipinski definition) is 4. The highest BCUT2D eigenvalue weighted by Crippen LogP contribution is 2.29. The minimum absolute atomic E-state index is 0.197. The second-order valence-corrected chi connectivity index (χ2v) is 6.75. The maximum Gasteiger partial charge on any atom is 0.252 e. The van der Waals surface area contributed by atoms with Crippen LogP contribution in [-0.4, -0.2) is 20.9 Å². The summed E-state index contributed by atoms with van der Waals surface area (Å²) < 4.78 is 0. The Morgan fingerprint density at radius 1 is 1.00 bits per heavy atom. The number of rotatable bonds is 4. The molecule has 138 valence electrons. The summed E-state index contributed by atoms with van der Waals surface area (Å²) in [5, 5.41) is 4.30. The molecule has 0 atom stereocenters. The highest BCUT2D eigenvalue weighted by Gasteiger charge is 2.16. The molecule has 0 saturated carbocycles. The van der Waals surface area contributed by atoms with Gasteiger partial charge in [0.25, 0.3) is 5.91 Å². The second-order valence-electron chi connectivity index (χ2n) is 6.34. The minimum Gasteiger partial charge on any atom is -0.346 e. The predicted octanol–water partition coefficient (Wildman–Crippen LogP) is 4.58. The Morgan fingerprint density at radius 3 is 2.50 bits per heavy atom. The van der Waals surface area contributed by atoms with Gasteiger partial charge in [-0.25, -0.2) is 4.98 Å². The maximum atomic E-state index is 13.0. The van der Waals surface area contributed by atoms with Crippen LogP contribution in [0.5, 0.6) is 0 Å². The Morgan fingerprint density at radius 2 is 1.79 bits per heavy atom. The van der Waals surface area contributed by atoms with Crippen molar-refractivity contribution < 1.29 is 4.79 Å². The Bertz CT molecular complexity index is 1150. The van der Waals surface area contributed by atoms with Crippen LogP contribution >= 0.6 is 11.6 Å². The molecule has 0 aliphatic heterocycles. The topological polar surface area (TPSA) is 67.8 Å². The molecule has 3 heterocycles. The largest absolute Gasteiger partial charge is 0.346 e. The van der Waals surface area contributed by atoms with Crippen LogP contribution in [0.4, 0.5) is 0 Å². The molecule has 5 nitrogen and oxygen atoms in total. The average molecular weight is 389 g/mol. The number of carbonyl (C=O) groups is 1. The number of halogens is 1. The molecular formula is C22H17ClN4O. The SMILES string of the molecule is Cc1c(Cl)ccc2c(C(=O)NCc3ccccn3)cc(-c3ccccn3)nc12. The molecule has 0 fully saturated rings. The number of aromatic nitrogens is 3. The molecule has 0 radical (unpaired) electrons. The third kappa shape index (κ3) is 3.57. The molecule has 28 heavy (non-hydrogen) atoms. The molecule has 1 N–H and O–H groups in total. The number of aryl methyl sites for hydroxylation is 1. The number of benzene rings is 1. The van der Waals surface area contributed by atoms with Crippen molar-refractivity contribution in [2.24, 2.45) is 0 Å². The Labute approximate surface area is 167 Å². The van der Waals surface area contributed by atoms with Crippen molar-refractivity contribution in [2.75, 3.05) is 0 Å². The van der Waals surface area contributed by atoms with E-state index in [1.807, 2.05) is 49.4 Å². The zero-order valence-electron chi connectivity index (χ0n) is 15.2. The lowest BCUT2D eigenvalue weighted by Crippen LogP contribution is -2.23. The third-order valence-corrected chi connectivity index (χ3v) is 4.91. The summed E-state index contributed by atoms with van der Waals surface area (Å²) in [5.74, 6) is -0.197. The van der Waals surface area contributed by atoms with Crippen LogP contribution < -0.4 is 5.32 Å². The van der Waals surface area contributed by atoms with Crippen LogP contribution in [0, 0.1) is 6.92 Å². The van der Waals surface area contributed by atoms with Crippen LogP contribution in [-0.2, 0) is 6.54 Å². The van der Waals surface area contributed by atoms with Crippen LogP contribution in [0.1, 0.15) is 21.6 Å². The lowest BCUT2D eigenvalue weighted by Gasteiger charge is -2.12. The van der Waals surface area contributed by atoms with Gasteiger partial charge >= 0.3 is 0 Å². The third-order valence-electron chi connectivity index (χ3n) is 4.50. The average Bonchev–Trinajstić information content (AvgIpc) is 2.75. The highest BCUT2D eigenvalue weighted by molar-refractivity contribution is 6.32. The zero-order chi connectivity index (χ0) is 19.5. The van der Waals surface area contributed by atoms with Crippen molar-refractivity contribution >= 4 is 28.4 Å². The van der Waals surface area contributed by atoms with Crippen LogP contribution in [0.25, 0.3) is 22.3 Å². The molecule has 6 heteroatoms. The maximum absolute atomic E-state index is 13.0. The van der Waals surface area contributed by atoms with E-state index in [4.69, 9.17) is 16.6 Å². The summed E-state index contributed by atoms with van der Waals surface area (Å²) in [6.07, 6.45) is 3.40. The van der Waals surface area contributed by atoms with Gasteiger partial charge < -0.3 is 5.32 Å². The van der Waals surface area contributed by atoms with Crippen molar-refractivity contribution in [3.63, 3.8) is 0 Å². The summed E-state index contributed by atoms with van der Waals surface area (Å²) in [4.78, 5) is 26.3. The van der Waals surface area contributed by atoms with Crippen molar-refractivity contribution in [3.8, 4) is 11.4 Å². The first kappa shape index (κ1) is 18.1. The molecule has 4 aromatic rings. The van der Waals surface area contributed by atoms with Gasteiger partial charge in [-0.3, -0.25) is 14.8 Å². The number of fused-ring (bicyclic) bond motifs is 1. The van der Waals surface area contributed by atoms with E-state index in [1.165, 1.54) is 0 Å². The van der Waals surface area contributed by atoms with Gasteiger partial charge in [-0.15, -0.1) is 0 Å². The first-order valence-corrected chi connectivity index (χ1v) is 9.20. The molecule has 1 amide bonds. The van der Waals surface area contributed by atoms with E-state index in [2.05, 4.69) is 15.3 Å². The molecule has 0 bridgehead atoms. The van der Waals surface area contributed by atoms with E-state index in [0.29, 0.717) is 34.0 Å². The van der Waals surface area contributed by atoms with Gasteiger partial charge in [0.1, 0.15) is 0 Å². The molecule has 4 rings (SSSR count). The fourth-order valence-corrected chi connectivity index (χ4v) is 3.16. The monoisotopic (exact) mass is 388 g/mol. The quantitative estimate of drug-likeness (QED) is 0.555. The number of hydrogen-bond donors (Lipinski definition) is 1. The summed E-state index contributed by atoms with van der Waals surface area (Å²) in [6.45, 7) is 2.24. The fourth-order valence-electron chi connectivity index (χ4n) is 3.01. The van der Waals surface area contributed by atoms with E-state index in [9.17, 15) is 4.79 Å². The first-order chi connectivity index (χ1) is 13.6. The van der Waals surface area contributed by atoms with Gasteiger partial charge in [0, 0.05) is 22.8 Å². The van der Waals surface area contributed by atoms with E-state index < -0.39 is 0 Å². The van der Waals surface area contributed by atoms with Crippen LogP contribution in [0.2, 0.25) is 5.02 Å². The summed E-state index contributed by atoms with van der Waals surface area (Å²) >= 11 is 6.29. The van der Waals surface area contributed by atoms with Crippen molar-refractivity contribution in [1.29, 1.82) is 0 Å². The first-order valence-electron chi connectivity index (χ1n) is 8.83. The summed E-state index contributed by atoms with van der Waals surface area (Å²) in [7, 11) is 0. The highest BCUT2D eigenvalue weighted by atomic mass is 35.5. The van der Waals surface area contributed by atoms with Crippen LogP contribution in [0.15, 0.2) is 67.0 Å². The second kappa shape index (κ2) is 7.74. The van der Waals surface area contributed by atoms with Crippen molar-refractivity contribution in [1.82, 2.24) is 20.3 Å². The fraction of sp³-hybridized carbons (Fsp3) is 0.0909. The van der Waals surface area contributed by atoms with Gasteiger partial charge in [-0.2, -0.15) is 0 Å². The molecule has 0 spiro atoms. The van der Waals surface area contributed by atoms with Crippen molar-refractivity contribution in [2.45, 2.75) is 13.5 Å². The number of pyridine rings is 3. The molecule has 1 aromatic carbocycles. The lowest BCUT2D eigenvalue weighted by atomic mass is 10.0. The standard InChI is InChI=1S/C22H17ClN4O/c1-14-18(23)9-8-16-17(22(28)26-13-15-6-2-4-10-24-15)12-20(27-21(14)16)19-7-3-5-11-25-19/h2-12H,13H2,1H3,(H,26,28). The Balaban J connectivity index is 1.79. The lowest BCUT2D eigenvalue weighted by molar-refractivity contribution is 0.0952. The smallest absolute Gasteiger partial charge is 0.252 e. The molecule has 0 aliphatic carbocycles. The summed E-state index contributed by atoms with van der Waals surface area (Å²) in [6, 6.07) is 16.6. The van der Waals surface area contributed by atoms with E-state index in [0.717, 1.165) is 16.6 Å². The van der Waals surface area contributed by atoms with E-state index in [-0.39, 0.29) is 5.91 Å². The van der Waals surface area contributed by atoms with Gasteiger partial charge in [0.05, 0.1) is 34.7 Å². The number of amides is 1. The van der Waals surface area contributed by atoms with Crippen LogP contribution in [0.3, 0.4) is 0 Å². The predicted molar refractivity (Wildman–Crippen MR) is 110 cm³/mol. The molecule has 0 unspecified atom stereocenters. The van der Waals surface area contributed by atoms with Gasteiger partial charge in [-0.05, 0) is 48.9 Å². The Hall–Kier alpha value is -3.31. The minimum atomic E-state index is -0.197. The van der Waals surface area contributed by atoms with Crippen molar-refractivity contribution in [3.05, 3.63) is 88.8 Å². The Kier molecular flexibility index (Phi) is 5.00. The molecular weight excluding hydrogens is 372 g/mol. The zero-order valence-corrected chi connectivity index (χ0v) is 15.9. The van der Waals surface area contributed by atoms with Gasteiger partial charge in [0.2, 0.25) is 0 Å². The van der Waals surface area contributed by atoms with E-state index in [1.54, 1.807) is 24.5 Å². The number of nitrogens with zero attached hydrogens (tertiary/aromatic N) is 3. The van der Waals surface area contributed by atoms with Gasteiger partial charge in [-0.1, -0.05) is 29.8 Å². The van der Waals surface area contributed by atoms with Gasteiger partial charge in [0.15, 0.2) is 0 Å². The number of carbonyl (C=O) groups excluding carboxylic acids is 1. The van der Waals surface area contributed by atoms with E-state index >= 15 is 0 Å². The molecule has 3 aromatic heterocycles. The molecule has 0 saturated heterocycles. The summed E-state index contributed by atoms with van der Waals surface area (Å²) in [5.41, 5.74) is 4.16. The number of nitrogens with one attached hydrogen (secondary N) is 1.